The second-order valence-corrected chi connectivity index (χ2v) is 3.20. The van der Waals surface area contributed by atoms with Crippen molar-refractivity contribution in [2.45, 2.75) is 6.42 Å². The number of nitrogens with zero attached hydrogens (tertiary/aromatic N) is 2. The van der Waals surface area contributed by atoms with Crippen LogP contribution < -0.4 is 0 Å². The second-order valence-electron chi connectivity index (χ2n) is 3.20. The number of hydrogen-bond acceptors (Lipinski definition) is 3. The highest BCUT2D eigenvalue weighted by Crippen LogP contribution is 2.22. The van der Waals surface area contributed by atoms with E-state index in [0.717, 1.165) is 0 Å². The van der Waals surface area contributed by atoms with E-state index in [0.29, 0.717) is 13.0 Å². The highest BCUT2D eigenvalue weighted by molar-refractivity contribution is 5.65. The standard InChI is InChI=1S/C8H12N2O3/c9-3-7-4-10(8(12)13)2-1-6(7)5-11/h6-7,11H,1-2,4-5H2,(H,12,13). The topological polar surface area (TPSA) is 84.6 Å². The Morgan fingerprint density at radius 3 is 2.85 bits per heavy atom. The molecular weight excluding hydrogens is 172 g/mol. The van der Waals surface area contributed by atoms with E-state index in [1.54, 1.807) is 0 Å². The van der Waals surface area contributed by atoms with Crippen LogP contribution in [0.3, 0.4) is 0 Å². The van der Waals surface area contributed by atoms with Gasteiger partial charge in [-0.1, -0.05) is 0 Å². The van der Waals surface area contributed by atoms with Gasteiger partial charge in [0.2, 0.25) is 0 Å². The molecule has 0 saturated carbocycles. The fourth-order valence-corrected chi connectivity index (χ4v) is 1.54. The summed E-state index contributed by atoms with van der Waals surface area (Å²) in [5.41, 5.74) is 0. The molecule has 2 atom stereocenters. The molecule has 5 heteroatoms. The van der Waals surface area contributed by atoms with E-state index >= 15 is 0 Å². The number of amides is 1. The monoisotopic (exact) mass is 184 g/mol. The molecule has 2 unspecified atom stereocenters. The molecule has 13 heavy (non-hydrogen) atoms. The van der Waals surface area contributed by atoms with Crippen LogP contribution in [0, 0.1) is 23.2 Å². The molecule has 0 spiro atoms. The summed E-state index contributed by atoms with van der Waals surface area (Å²) in [6, 6.07) is 2.02. The van der Waals surface area contributed by atoms with E-state index in [-0.39, 0.29) is 25.0 Å². The first-order valence-corrected chi connectivity index (χ1v) is 4.17. The molecule has 0 bridgehead atoms. The minimum Gasteiger partial charge on any atom is -0.465 e. The Labute approximate surface area is 76.2 Å². The molecule has 1 saturated heterocycles. The smallest absolute Gasteiger partial charge is 0.407 e. The SMILES string of the molecule is N#CC1CN(C(=O)O)CCC1CO. The Bertz CT molecular complexity index is 236. The fraction of sp³-hybridized carbons (Fsp3) is 0.750. The van der Waals surface area contributed by atoms with Crippen molar-refractivity contribution in [1.29, 1.82) is 5.26 Å². The molecule has 0 aliphatic carbocycles. The lowest BCUT2D eigenvalue weighted by molar-refractivity contribution is 0.0876. The minimum atomic E-state index is -0.989. The van der Waals surface area contributed by atoms with Crippen molar-refractivity contribution in [3.05, 3.63) is 0 Å². The molecule has 72 valence electrons. The van der Waals surface area contributed by atoms with Gasteiger partial charge in [-0.05, 0) is 6.42 Å². The van der Waals surface area contributed by atoms with Crippen LogP contribution in [-0.2, 0) is 0 Å². The normalized spacial score (nSPS) is 28.2. The molecule has 1 fully saturated rings. The van der Waals surface area contributed by atoms with Crippen LogP contribution >= 0.6 is 0 Å². The van der Waals surface area contributed by atoms with Crippen LogP contribution in [0.5, 0.6) is 0 Å². The van der Waals surface area contributed by atoms with Gasteiger partial charge in [-0.25, -0.2) is 4.79 Å². The number of rotatable bonds is 1. The van der Waals surface area contributed by atoms with Crippen molar-refractivity contribution in [3.8, 4) is 6.07 Å². The lowest BCUT2D eigenvalue weighted by Crippen LogP contribution is -2.43. The third-order valence-corrected chi connectivity index (χ3v) is 2.43. The van der Waals surface area contributed by atoms with E-state index in [1.807, 2.05) is 6.07 Å². The molecule has 0 radical (unpaired) electrons. The molecule has 0 aromatic carbocycles. The summed E-state index contributed by atoms with van der Waals surface area (Å²) < 4.78 is 0. The van der Waals surface area contributed by atoms with Gasteiger partial charge in [-0.2, -0.15) is 5.26 Å². The van der Waals surface area contributed by atoms with Gasteiger partial charge >= 0.3 is 6.09 Å². The Hall–Kier alpha value is -1.28. The number of hydrogen-bond donors (Lipinski definition) is 2. The summed E-state index contributed by atoms with van der Waals surface area (Å²) in [4.78, 5) is 11.8. The van der Waals surface area contributed by atoms with Crippen molar-refractivity contribution in [2.24, 2.45) is 11.8 Å². The number of piperidine rings is 1. The van der Waals surface area contributed by atoms with Crippen LogP contribution in [-0.4, -0.2) is 40.9 Å². The Morgan fingerprint density at radius 1 is 1.69 bits per heavy atom. The number of likely N-dealkylation sites (tertiary alicyclic amines) is 1. The average molecular weight is 184 g/mol. The van der Waals surface area contributed by atoms with Crippen molar-refractivity contribution in [1.82, 2.24) is 4.90 Å². The van der Waals surface area contributed by atoms with Gasteiger partial charge in [0.05, 0.1) is 12.0 Å². The van der Waals surface area contributed by atoms with E-state index in [2.05, 4.69) is 0 Å². The summed E-state index contributed by atoms with van der Waals surface area (Å²) in [6.07, 6.45) is -0.419. The first kappa shape index (κ1) is 9.81. The first-order chi connectivity index (χ1) is 6.19. The maximum absolute atomic E-state index is 10.6. The van der Waals surface area contributed by atoms with Crippen molar-refractivity contribution < 1.29 is 15.0 Å². The summed E-state index contributed by atoms with van der Waals surface area (Å²) in [7, 11) is 0. The van der Waals surface area contributed by atoms with Gasteiger partial charge < -0.3 is 15.1 Å². The van der Waals surface area contributed by atoms with Crippen LogP contribution in [0.1, 0.15) is 6.42 Å². The number of carboxylic acid groups (broad SMARTS) is 1. The third-order valence-electron chi connectivity index (χ3n) is 2.43. The molecule has 1 amide bonds. The van der Waals surface area contributed by atoms with Gasteiger partial charge in [-0.15, -0.1) is 0 Å². The van der Waals surface area contributed by atoms with Crippen molar-refractivity contribution in [2.75, 3.05) is 19.7 Å². The third kappa shape index (κ3) is 2.10. The van der Waals surface area contributed by atoms with E-state index in [4.69, 9.17) is 15.5 Å². The molecule has 1 aliphatic rings. The molecule has 1 aliphatic heterocycles. The van der Waals surface area contributed by atoms with Crippen LogP contribution in [0.15, 0.2) is 0 Å². The van der Waals surface area contributed by atoms with Gasteiger partial charge in [0.15, 0.2) is 0 Å². The van der Waals surface area contributed by atoms with Crippen LogP contribution in [0.25, 0.3) is 0 Å². The predicted molar refractivity (Wildman–Crippen MR) is 43.9 cm³/mol. The van der Waals surface area contributed by atoms with Crippen LogP contribution in [0.2, 0.25) is 0 Å². The number of aliphatic hydroxyl groups is 1. The molecule has 1 rings (SSSR count). The van der Waals surface area contributed by atoms with Gasteiger partial charge in [-0.3, -0.25) is 0 Å². The maximum Gasteiger partial charge on any atom is 0.407 e. The molecular formula is C8H12N2O3. The van der Waals surface area contributed by atoms with Crippen LogP contribution in [0.4, 0.5) is 4.79 Å². The summed E-state index contributed by atoms with van der Waals surface area (Å²) >= 11 is 0. The fourth-order valence-electron chi connectivity index (χ4n) is 1.54. The molecule has 5 nitrogen and oxygen atoms in total. The summed E-state index contributed by atoms with van der Waals surface area (Å²) in [6.45, 7) is 0.599. The van der Waals surface area contributed by atoms with Crippen molar-refractivity contribution in [3.63, 3.8) is 0 Å². The van der Waals surface area contributed by atoms with Gasteiger partial charge in [0, 0.05) is 25.6 Å². The second kappa shape index (κ2) is 4.10. The van der Waals surface area contributed by atoms with E-state index in [9.17, 15) is 4.79 Å². The minimum absolute atomic E-state index is 0.0360. The van der Waals surface area contributed by atoms with Crippen molar-refractivity contribution >= 4 is 6.09 Å². The number of nitriles is 1. The number of aliphatic hydroxyl groups excluding tert-OH is 1. The average Bonchev–Trinajstić information content (AvgIpc) is 2.16. The Kier molecular flexibility index (Phi) is 3.09. The zero-order valence-corrected chi connectivity index (χ0v) is 7.18. The summed E-state index contributed by atoms with van der Waals surface area (Å²) in [5, 5.41) is 26.3. The van der Waals surface area contributed by atoms with Gasteiger partial charge in [0.1, 0.15) is 0 Å². The first-order valence-electron chi connectivity index (χ1n) is 4.17. The zero-order valence-electron chi connectivity index (χ0n) is 7.18. The Balaban J connectivity index is 2.58. The van der Waals surface area contributed by atoms with E-state index in [1.165, 1.54) is 4.90 Å². The molecule has 0 aromatic heterocycles. The zero-order chi connectivity index (χ0) is 9.84. The highest BCUT2D eigenvalue weighted by Gasteiger charge is 2.30. The highest BCUT2D eigenvalue weighted by atomic mass is 16.4. The number of carbonyl (C=O) groups is 1. The Morgan fingerprint density at radius 2 is 2.38 bits per heavy atom. The van der Waals surface area contributed by atoms with Gasteiger partial charge in [0.25, 0.3) is 0 Å². The summed E-state index contributed by atoms with van der Waals surface area (Å²) in [5.74, 6) is -0.435. The quantitative estimate of drug-likeness (QED) is 0.606. The predicted octanol–water partition coefficient (Wildman–Crippen LogP) is 0.118. The molecule has 1 heterocycles. The lowest BCUT2D eigenvalue weighted by Gasteiger charge is -2.32. The lowest BCUT2D eigenvalue weighted by atomic mass is 9.87. The molecule has 2 N–H and O–H groups in total. The van der Waals surface area contributed by atoms with E-state index < -0.39 is 6.09 Å². The largest absolute Gasteiger partial charge is 0.465 e. The molecule has 0 aromatic rings. The maximum atomic E-state index is 10.6.